The number of rotatable bonds is 3. The Labute approximate surface area is 67.4 Å². The summed E-state index contributed by atoms with van der Waals surface area (Å²) in [6.07, 6.45) is -4.14. The van der Waals surface area contributed by atoms with Crippen molar-refractivity contribution in [2.24, 2.45) is 0 Å². The lowest BCUT2D eigenvalue weighted by Crippen LogP contribution is -2.26. The lowest BCUT2D eigenvalue weighted by molar-refractivity contribution is -0.146. The number of halogens is 3. The molecule has 0 fully saturated rings. The normalized spacial score (nSPS) is 14.8. The highest BCUT2D eigenvalue weighted by Crippen LogP contribution is 2.08. The monoisotopic (exact) mass is 182 g/mol. The van der Waals surface area contributed by atoms with Crippen molar-refractivity contribution in [2.75, 3.05) is 0 Å². The molecule has 0 rings (SSSR count). The highest BCUT2D eigenvalue weighted by atomic mass is 19.4. The number of alkyl halides is 3. The van der Waals surface area contributed by atoms with E-state index in [1.165, 1.54) is 6.92 Å². The van der Waals surface area contributed by atoms with Crippen molar-refractivity contribution in [1.29, 1.82) is 5.41 Å². The zero-order chi connectivity index (χ0) is 9.78. The first-order valence-corrected chi connectivity index (χ1v) is 3.10. The van der Waals surface area contributed by atoms with Crippen molar-refractivity contribution in [3.63, 3.8) is 0 Å². The smallest absolute Gasteiger partial charge is 0.387 e. The van der Waals surface area contributed by atoms with Crippen molar-refractivity contribution in [1.82, 2.24) is 5.32 Å². The minimum Gasteiger partial charge on any atom is -0.387 e. The topological polar surface area (TPSA) is 56.1 Å². The quantitative estimate of drug-likeness (QED) is 0.450. The predicted molar refractivity (Wildman–Crippen MR) is 37.7 cm³/mol. The Morgan fingerprint density at radius 2 is 2.08 bits per heavy atom. The van der Waals surface area contributed by atoms with Crippen molar-refractivity contribution >= 4 is 5.71 Å². The van der Waals surface area contributed by atoms with Crippen molar-refractivity contribution in [3.8, 4) is 0 Å². The Balaban J connectivity index is 3.86. The molecule has 70 valence electrons. The van der Waals surface area contributed by atoms with Crippen LogP contribution in [0.2, 0.25) is 0 Å². The van der Waals surface area contributed by atoms with Crippen LogP contribution in [0.15, 0.2) is 12.3 Å². The summed E-state index contributed by atoms with van der Waals surface area (Å²) in [4.78, 5) is 0. The third-order valence-corrected chi connectivity index (χ3v) is 0.960. The Kier molecular flexibility index (Phi) is 3.75. The standard InChI is InChI=1S/C6H9F3N2O/c1-4(12)5(10)2-3-11-6(7,8)9/h2-4,10-12H,1H3/b3-2-,10-5?. The molecule has 3 N–H and O–H groups in total. The maximum Gasteiger partial charge on any atom is 0.481 e. The van der Waals surface area contributed by atoms with Gasteiger partial charge in [0, 0.05) is 6.20 Å². The van der Waals surface area contributed by atoms with Gasteiger partial charge in [-0.05, 0) is 13.0 Å². The lowest BCUT2D eigenvalue weighted by atomic mass is 10.2. The van der Waals surface area contributed by atoms with E-state index in [0.29, 0.717) is 6.20 Å². The van der Waals surface area contributed by atoms with Crippen LogP contribution in [0.1, 0.15) is 6.92 Å². The number of hydrogen-bond donors (Lipinski definition) is 3. The number of nitrogens with one attached hydrogen (secondary N) is 2. The van der Waals surface area contributed by atoms with Crippen molar-refractivity contribution in [3.05, 3.63) is 12.3 Å². The zero-order valence-electron chi connectivity index (χ0n) is 6.31. The highest BCUT2D eigenvalue weighted by molar-refractivity contribution is 5.95. The second-order valence-corrected chi connectivity index (χ2v) is 2.11. The second-order valence-electron chi connectivity index (χ2n) is 2.11. The number of aliphatic hydroxyl groups is 1. The molecule has 12 heavy (non-hydrogen) atoms. The van der Waals surface area contributed by atoms with Gasteiger partial charge in [-0.3, -0.25) is 0 Å². The molecule has 0 aliphatic heterocycles. The van der Waals surface area contributed by atoms with Gasteiger partial charge >= 0.3 is 6.30 Å². The second kappa shape index (κ2) is 4.10. The average Bonchev–Trinajstić information content (AvgIpc) is 1.84. The van der Waals surface area contributed by atoms with Crippen LogP contribution >= 0.6 is 0 Å². The first-order chi connectivity index (χ1) is 5.33. The van der Waals surface area contributed by atoms with Gasteiger partial charge < -0.3 is 15.8 Å². The predicted octanol–water partition coefficient (Wildman–Crippen LogP) is 1.01. The average molecular weight is 182 g/mol. The van der Waals surface area contributed by atoms with Gasteiger partial charge in [0.05, 0.1) is 11.8 Å². The third-order valence-electron chi connectivity index (χ3n) is 0.960. The Hall–Kier alpha value is -1.04. The van der Waals surface area contributed by atoms with E-state index < -0.39 is 12.4 Å². The van der Waals surface area contributed by atoms with Crippen LogP contribution < -0.4 is 5.32 Å². The highest BCUT2D eigenvalue weighted by Gasteiger charge is 2.24. The van der Waals surface area contributed by atoms with Crippen LogP contribution in [-0.2, 0) is 0 Å². The summed E-state index contributed by atoms with van der Waals surface area (Å²) in [6, 6.07) is 0. The Morgan fingerprint density at radius 3 is 2.42 bits per heavy atom. The molecule has 0 heterocycles. The van der Waals surface area contributed by atoms with E-state index in [1.807, 2.05) is 0 Å². The van der Waals surface area contributed by atoms with E-state index in [-0.39, 0.29) is 5.71 Å². The Bertz CT molecular complexity index is 186. The minimum absolute atomic E-state index is 0.285. The van der Waals surface area contributed by atoms with Crippen molar-refractivity contribution in [2.45, 2.75) is 19.3 Å². The fraction of sp³-hybridized carbons (Fsp3) is 0.500. The van der Waals surface area contributed by atoms with Gasteiger partial charge in [-0.2, -0.15) is 13.2 Å². The Morgan fingerprint density at radius 1 is 1.58 bits per heavy atom. The molecule has 6 heteroatoms. The van der Waals surface area contributed by atoms with Gasteiger partial charge in [-0.15, -0.1) is 0 Å². The molecule has 0 amide bonds. The van der Waals surface area contributed by atoms with Crippen LogP contribution in [0.25, 0.3) is 0 Å². The third kappa shape index (κ3) is 5.72. The molecule has 3 nitrogen and oxygen atoms in total. The fourth-order valence-electron chi connectivity index (χ4n) is 0.365. The molecule has 0 saturated heterocycles. The lowest BCUT2D eigenvalue weighted by Gasteiger charge is -2.04. The largest absolute Gasteiger partial charge is 0.481 e. The van der Waals surface area contributed by atoms with E-state index in [4.69, 9.17) is 10.5 Å². The molecule has 0 saturated carbocycles. The van der Waals surface area contributed by atoms with E-state index in [9.17, 15) is 13.2 Å². The first kappa shape index (κ1) is 11.0. The van der Waals surface area contributed by atoms with Crippen LogP contribution in [0.5, 0.6) is 0 Å². The molecular formula is C6H9F3N2O. The van der Waals surface area contributed by atoms with Crippen molar-refractivity contribution < 1.29 is 18.3 Å². The van der Waals surface area contributed by atoms with E-state index in [2.05, 4.69) is 0 Å². The van der Waals surface area contributed by atoms with Gasteiger partial charge in [0.1, 0.15) is 0 Å². The molecule has 0 aromatic heterocycles. The fourth-order valence-corrected chi connectivity index (χ4v) is 0.365. The first-order valence-electron chi connectivity index (χ1n) is 3.10. The molecule has 1 unspecified atom stereocenters. The molecule has 0 aliphatic carbocycles. The summed E-state index contributed by atoms with van der Waals surface area (Å²) in [5.74, 6) is 0. The zero-order valence-corrected chi connectivity index (χ0v) is 6.31. The molecule has 0 spiro atoms. The summed E-state index contributed by atoms with van der Waals surface area (Å²) in [7, 11) is 0. The molecule has 0 bridgehead atoms. The molecule has 0 aliphatic rings. The van der Waals surface area contributed by atoms with Gasteiger partial charge in [-0.25, -0.2) is 0 Å². The van der Waals surface area contributed by atoms with E-state index >= 15 is 0 Å². The molecule has 0 aromatic carbocycles. The summed E-state index contributed by atoms with van der Waals surface area (Å²) in [5, 5.41) is 16.6. The van der Waals surface area contributed by atoms with E-state index in [1.54, 1.807) is 0 Å². The van der Waals surface area contributed by atoms with Crippen LogP contribution in [0.3, 0.4) is 0 Å². The van der Waals surface area contributed by atoms with Gasteiger partial charge in [-0.1, -0.05) is 0 Å². The number of aliphatic hydroxyl groups excluding tert-OH is 1. The summed E-state index contributed by atoms with van der Waals surface area (Å²) >= 11 is 0. The van der Waals surface area contributed by atoms with Crippen LogP contribution in [0, 0.1) is 5.41 Å². The maximum atomic E-state index is 11.4. The SMILES string of the molecule is CC(O)C(=N)/C=C\NC(F)(F)F. The van der Waals surface area contributed by atoms with Crippen LogP contribution in [-0.4, -0.2) is 23.2 Å². The van der Waals surface area contributed by atoms with Gasteiger partial charge in [0.25, 0.3) is 0 Å². The van der Waals surface area contributed by atoms with Gasteiger partial charge in [0.2, 0.25) is 0 Å². The minimum atomic E-state index is -4.49. The maximum absolute atomic E-state index is 11.4. The molecule has 0 aromatic rings. The molecule has 1 atom stereocenters. The summed E-state index contributed by atoms with van der Waals surface area (Å²) in [6.45, 7) is 1.29. The molecular weight excluding hydrogens is 173 g/mol. The summed E-state index contributed by atoms with van der Waals surface area (Å²) in [5.41, 5.74) is -0.285. The van der Waals surface area contributed by atoms with Crippen LogP contribution in [0.4, 0.5) is 13.2 Å². The van der Waals surface area contributed by atoms with Gasteiger partial charge in [0.15, 0.2) is 0 Å². The molecule has 0 radical (unpaired) electrons. The van der Waals surface area contributed by atoms with E-state index in [0.717, 1.165) is 11.4 Å². The summed E-state index contributed by atoms with van der Waals surface area (Å²) < 4.78 is 34.2. The number of hydrogen-bond acceptors (Lipinski definition) is 3.